The Balaban J connectivity index is 0.000000845. The van der Waals surface area contributed by atoms with Crippen LogP contribution in [0.15, 0.2) is 18.2 Å². The van der Waals surface area contributed by atoms with Crippen LogP contribution in [0, 0.1) is 12.8 Å². The lowest BCUT2D eigenvalue weighted by molar-refractivity contribution is 0.800. The maximum atomic E-state index is 2.36. The van der Waals surface area contributed by atoms with Crippen LogP contribution in [0.1, 0.15) is 26.3 Å². The highest BCUT2D eigenvalue weighted by Gasteiger charge is 2.00. The smallest absolute Gasteiger partial charge is 0.0218 e. The maximum absolute atomic E-state index is 2.36. The van der Waals surface area contributed by atoms with E-state index in [0.29, 0.717) is 5.92 Å². The van der Waals surface area contributed by atoms with Crippen LogP contribution in [0.2, 0.25) is 0 Å². The monoisotopic (exact) mass is 174 g/mol. The first-order chi connectivity index (χ1) is 5.75. The number of hydrogen-bond acceptors (Lipinski definition) is 0. The largest absolute Gasteiger partial charge is 0.0776 e. The molecule has 2 rings (SSSR count). The first-order valence-electron chi connectivity index (χ1n) is 4.54. The Bertz CT molecular complexity index is 399. The van der Waals surface area contributed by atoms with E-state index in [0.717, 1.165) is 0 Å². The van der Waals surface area contributed by atoms with Crippen LogP contribution in [0.25, 0.3) is 12.2 Å². The minimum atomic E-state index is 0. The van der Waals surface area contributed by atoms with Gasteiger partial charge in [-0.15, -0.1) is 0 Å². The fraction of sp³-hybridized carbons (Fsp3) is 0.385. The van der Waals surface area contributed by atoms with Gasteiger partial charge in [-0.1, -0.05) is 50.3 Å². The normalized spacial score (nSPS) is 19.1. The van der Waals surface area contributed by atoms with Gasteiger partial charge in [-0.3, -0.25) is 0 Å². The van der Waals surface area contributed by atoms with Crippen LogP contribution in [-0.2, 0) is 0 Å². The zero-order chi connectivity index (χ0) is 8.55. The third-order valence-electron chi connectivity index (χ3n) is 2.42. The number of hydrogen-bond donors (Lipinski definition) is 0. The molecule has 0 radical (unpaired) electrons. The van der Waals surface area contributed by atoms with Crippen LogP contribution >= 0.6 is 0 Å². The molecule has 1 unspecified atom stereocenters. The van der Waals surface area contributed by atoms with Crippen LogP contribution in [0.4, 0.5) is 0 Å². The van der Waals surface area contributed by atoms with Crippen molar-refractivity contribution < 1.29 is 0 Å². The molecule has 0 aliphatic heterocycles. The topological polar surface area (TPSA) is 0 Å². The van der Waals surface area contributed by atoms with E-state index in [1.165, 1.54) is 22.4 Å². The predicted octanol–water partition coefficient (Wildman–Crippen LogP) is 2.23. The second-order valence-electron chi connectivity index (χ2n) is 3.72. The Morgan fingerprint density at radius 3 is 2.77 bits per heavy atom. The second kappa shape index (κ2) is 3.78. The lowest BCUT2D eigenvalue weighted by atomic mass is 9.98. The molecule has 70 valence electrons. The van der Waals surface area contributed by atoms with Gasteiger partial charge >= 0.3 is 0 Å². The Hall–Kier alpha value is -1.04. The molecule has 0 N–H and O–H groups in total. The molecule has 1 aliphatic carbocycles. The highest BCUT2D eigenvalue weighted by atomic mass is 14.0. The van der Waals surface area contributed by atoms with Crippen molar-refractivity contribution in [3.05, 3.63) is 34.2 Å². The molecule has 0 saturated heterocycles. The summed E-state index contributed by atoms with van der Waals surface area (Å²) >= 11 is 0. The van der Waals surface area contributed by atoms with Crippen molar-refractivity contribution in [3.8, 4) is 0 Å². The van der Waals surface area contributed by atoms with Crippen molar-refractivity contribution in [2.75, 3.05) is 0 Å². The van der Waals surface area contributed by atoms with Crippen LogP contribution in [0.3, 0.4) is 0 Å². The van der Waals surface area contributed by atoms with Gasteiger partial charge in [0.15, 0.2) is 0 Å². The summed E-state index contributed by atoms with van der Waals surface area (Å²) in [6.45, 7) is 4.41. The van der Waals surface area contributed by atoms with Gasteiger partial charge in [0.2, 0.25) is 0 Å². The molecule has 0 nitrogen and oxygen atoms in total. The van der Waals surface area contributed by atoms with Crippen molar-refractivity contribution >= 4 is 12.2 Å². The summed E-state index contributed by atoms with van der Waals surface area (Å²) in [6, 6.07) is 6.66. The Kier molecular flexibility index (Phi) is 2.92. The van der Waals surface area contributed by atoms with E-state index in [1.807, 2.05) is 0 Å². The van der Waals surface area contributed by atoms with Gasteiger partial charge in [-0.2, -0.15) is 0 Å². The van der Waals surface area contributed by atoms with Crippen LogP contribution < -0.4 is 10.4 Å². The first-order valence-corrected chi connectivity index (χ1v) is 4.54. The standard InChI is InChI=1S/C12H14.CH4/c1-9-3-5-12-8-10(2)4-6-11(12)7-9;/h3,5-8,10H,4H2,1-2H3;1H4. The van der Waals surface area contributed by atoms with Gasteiger partial charge in [0.05, 0.1) is 0 Å². The quantitative estimate of drug-likeness (QED) is 0.566. The van der Waals surface area contributed by atoms with Gasteiger partial charge in [-0.25, -0.2) is 0 Å². The number of aryl methyl sites for hydroxylation is 1. The maximum Gasteiger partial charge on any atom is -0.0218 e. The highest BCUT2D eigenvalue weighted by Crippen LogP contribution is 2.06. The van der Waals surface area contributed by atoms with Gasteiger partial charge < -0.3 is 0 Å². The fourth-order valence-corrected chi connectivity index (χ4v) is 1.71. The van der Waals surface area contributed by atoms with Gasteiger partial charge in [0, 0.05) is 0 Å². The van der Waals surface area contributed by atoms with Crippen LogP contribution in [-0.4, -0.2) is 0 Å². The molecule has 13 heavy (non-hydrogen) atoms. The minimum absolute atomic E-state index is 0. The zero-order valence-electron chi connectivity index (χ0n) is 7.67. The van der Waals surface area contributed by atoms with Crippen molar-refractivity contribution in [3.63, 3.8) is 0 Å². The molecule has 1 aromatic carbocycles. The van der Waals surface area contributed by atoms with E-state index in [4.69, 9.17) is 0 Å². The molecule has 1 atom stereocenters. The summed E-state index contributed by atoms with van der Waals surface area (Å²) in [5, 5.41) is 2.81. The molecule has 0 spiro atoms. The molecular formula is C13H18. The average molecular weight is 174 g/mol. The van der Waals surface area contributed by atoms with Gasteiger partial charge in [-0.05, 0) is 29.7 Å². The third-order valence-corrected chi connectivity index (χ3v) is 2.42. The predicted molar refractivity (Wildman–Crippen MR) is 59.9 cm³/mol. The lowest BCUT2D eigenvalue weighted by Crippen LogP contribution is -2.28. The molecular weight excluding hydrogens is 156 g/mol. The molecule has 0 heteroatoms. The van der Waals surface area contributed by atoms with Crippen molar-refractivity contribution in [1.82, 2.24) is 0 Å². The molecule has 0 aromatic heterocycles. The minimum Gasteiger partial charge on any atom is -0.0776 e. The average Bonchev–Trinajstić information content (AvgIpc) is 2.05. The van der Waals surface area contributed by atoms with E-state index >= 15 is 0 Å². The summed E-state index contributed by atoms with van der Waals surface area (Å²) in [7, 11) is 0. The molecule has 0 saturated carbocycles. The molecule has 1 aliphatic rings. The van der Waals surface area contributed by atoms with Gasteiger partial charge in [0.1, 0.15) is 0 Å². The zero-order valence-corrected chi connectivity index (χ0v) is 7.67. The molecule has 1 aromatic rings. The number of benzene rings is 1. The summed E-state index contributed by atoms with van der Waals surface area (Å²) in [5.74, 6) is 0.709. The molecule has 0 heterocycles. The Morgan fingerprint density at radius 2 is 2.00 bits per heavy atom. The molecule has 0 amide bonds. The summed E-state index contributed by atoms with van der Waals surface area (Å²) in [6.07, 6.45) is 5.89. The van der Waals surface area contributed by atoms with Crippen molar-refractivity contribution in [1.29, 1.82) is 0 Å². The van der Waals surface area contributed by atoms with Gasteiger partial charge in [0.25, 0.3) is 0 Å². The van der Waals surface area contributed by atoms with E-state index in [2.05, 4.69) is 44.2 Å². The summed E-state index contributed by atoms with van der Waals surface area (Å²) in [5.41, 5.74) is 1.35. The Morgan fingerprint density at radius 1 is 1.23 bits per heavy atom. The fourth-order valence-electron chi connectivity index (χ4n) is 1.71. The van der Waals surface area contributed by atoms with E-state index in [9.17, 15) is 0 Å². The second-order valence-corrected chi connectivity index (χ2v) is 3.72. The Labute approximate surface area is 80.6 Å². The van der Waals surface area contributed by atoms with Crippen molar-refractivity contribution in [2.24, 2.45) is 5.92 Å². The highest BCUT2D eigenvalue weighted by molar-refractivity contribution is 5.41. The van der Waals surface area contributed by atoms with E-state index in [-0.39, 0.29) is 7.43 Å². The number of rotatable bonds is 0. The SMILES string of the molecule is C.Cc1ccc2c(c1)=CCC(C)C=2. The molecule has 0 fully saturated rings. The summed E-state index contributed by atoms with van der Waals surface area (Å²) in [4.78, 5) is 0. The summed E-state index contributed by atoms with van der Waals surface area (Å²) < 4.78 is 0. The van der Waals surface area contributed by atoms with Crippen molar-refractivity contribution in [2.45, 2.75) is 27.7 Å². The lowest BCUT2D eigenvalue weighted by Gasteiger charge is -2.07. The molecule has 0 bridgehead atoms. The van der Waals surface area contributed by atoms with E-state index in [1.54, 1.807) is 0 Å². The van der Waals surface area contributed by atoms with E-state index < -0.39 is 0 Å². The number of fused-ring (bicyclic) bond motifs is 1. The van der Waals surface area contributed by atoms with Crippen LogP contribution in [0.5, 0.6) is 0 Å². The first kappa shape index (κ1) is 10.0. The third kappa shape index (κ3) is 2.00.